The third kappa shape index (κ3) is 2.76. The second kappa shape index (κ2) is 6.24. The summed E-state index contributed by atoms with van der Waals surface area (Å²) in [5, 5.41) is 9.85. The number of nitrogens with zero attached hydrogens (tertiary/aromatic N) is 4. The molecule has 0 atom stereocenters. The van der Waals surface area contributed by atoms with Crippen LogP contribution in [0.3, 0.4) is 0 Å². The van der Waals surface area contributed by atoms with Gasteiger partial charge in [-0.25, -0.2) is 9.67 Å². The Kier molecular flexibility index (Phi) is 3.94. The van der Waals surface area contributed by atoms with E-state index in [1.807, 2.05) is 47.3 Å². The summed E-state index contributed by atoms with van der Waals surface area (Å²) in [5.74, 6) is 0.655. The van der Waals surface area contributed by atoms with Gasteiger partial charge < -0.3 is 4.74 Å². The predicted molar refractivity (Wildman–Crippen MR) is 95.1 cm³/mol. The Morgan fingerprint density at radius 2 is 2.00 bits per heavy atom. The molecule has 3 aromatic rings. The first-order valence-corrected chi connectivity index (χ1v) is 8.35. The molecule has 4 rings (SSSR count). The summed E-state index contributed by atoms with van der Waals surface area (Å²) < 4.78 is 7.19. The SMILES string of the molecule is COc1ccc2nc(C=Cc3cn(C4CCC4)nn3)ccc2c1Cl. The fraction of sp³-hybridized carbons (Fsp3) is 0.278. The van der Waals surface area contributed by atoms with E-state index in [-0.39, 0.29) is 0 Å². The predicted octanol–water partition coefficient (Wildman–Crippen LogP) is 4.38. The largest absolute Gasteiger partial charge is 0.495 e. The molecule has 1 fully saturated rings. The number of ether oxygens (including phenoxy) is 1. The van der Waals surface area contributed by atoms with Crippen LogP contribution in [-0.2, 0) is 0 Å². The Bertz CT molecular complexity index is 915. The molecule has 1 saturated carbocycles. The van der Waals surface area contributed by atoms with E-state index in [9.17, 15) is 0 Å². The van der Waals surface area contributed by atoms with Crippen LogP contribution < -0.4 is 4.74 Å². The van der Waals surface area contributed by atoms with Crippen LogP contribution in [0.4, 0.5) is 0 Å². The molecule has 1 aliphatic carbocycles. The Labute approximate surface area is 144 Å². The first kappa shape index (κ1) is 15.1. The van der Waals surface area contributed by atoms with Crippen molar-refractivity contribution in [3.63, 3.8) is 0 Å². The molecule has 1 aliphatic rings. The van der Waals surface area contributed by atoms with Crippen LogP contribution >= 0.6 is 11.6 Å². The number of hydrogen-bond donors (Lipinski definition) is 0. The van der Waals surface area contributed by atoms with E-state index in [0.717, 1.165) is 22.3 Å². The van der Waals surface area contributed by atoms with E-state index in [2.05, 4.69) is 15.3 Å². The van der Waals surface area contributed by atoms with E-state index < -0.39 is 0 Å². The maximum absolute atomic E-state index is 6.31. The van der Waals surface area contributed by atoms with Gasteiger partial charge in [-0.3, -0.25) is 0 Å². The number of benzene rings is 1. The molecule has 6 heteroatoms. The lowest BCUT2D eigenvalue weighted by Crippen LogP contribution is -2.17. The van der Waals surface area contributed by atoms with E-state index in [4.69, 9.17) is 16.3 Å². The van der Waals surface area contributed by atoms with Gasteiger partial charge in [0, 0.05) is 5.39 Å². The molecular weight excluding hydrogens is 324 g/mol. The van der Waals surface area contributed by atoms with Gasteiger partial charge in [0.1, 0.15) is 11.4 Å². The summed E-state index contributed by atoms with van der Waals surface area (Å²) in [7, 11) is 1.61. The fourth-order valence-corrected chi connectivity index (χ4v) is 3.08. The fourth-order valence-electron chi connectivity index (χ4n) is 2.78. The van der Waals surface area contributed by atoms with E-state index in [1.165, 1.54) is 19.3 Å². The molecule has 2 heterocycles. The molecule has 1 aromatic carbocycles. The normalized spacial score (nSPS) is 15.1. The van der Waals surface area contributed by atoms with Crippen molar-refractivity contribution in [2.45, 2.75) is 25.3 Å². The number of pyridine rings is 1. The Morgan fingerprint density at radius 1 is 1.17 bits per heavy atom. The van der Waals surface area contributed by atoms with E-state index >= 15 is 0 Å². The van der Waals surface area contributed by atoms with Crippen LogP contribution in [0.5, 0.6) is 5.75 Å². The highest BCUT2D eigenvalue weighted by Crippen LogP contribution is 2.32. The monoisotopic (exact) mass is 340 g/mol. The summed E-state index contributed by atoms with van der Waals surface area (Å²) in [4.78, 5) is 4.61. The number of rotatable bonds is 4. The Morgan fingerprint density at radius 3 is 2.75 bits per heavy atom. The summed E-state index contributed by atoms with van der Waals surface area (Å²) in [5.41, 5.74) is 2.53. The Hall–Kier alpha value is -2.40. The first-order chi connectivity index (χ1) is 11.7. The zero-order chi connectivity index (χ0) is 16.5. The van der Waals surface area contributed by atoms with Crippen molar-refractivity contribution in [3.05, 3.63) is 46.9 Å². The lowest BCUT2D eigenvalue weighted by atomic mass is 9.93. The highest BCUT2D eigenvalue weighted by molar-refractivity contribution is 6.36. The van der Waals surface area contributed by atoms with Crippen LogP contribution in [0.1, 0.15) is 36.7 Å². The second-order valence-electron chi connectivity index (χ2n) is 5.93. The van der Waals surface area contributed by atoms with Crippen LogP contribution in [-0.4, -0.2) is 27.1 Å². The molecule has 0 N–H and O–H groups in total. The van der Waals surface area contributed by atoms with Gasteiger partial charge in [-0.05, 0) is 55.7 Å². The van der Waals surface area contributed by atoms with Crippen LogP contribution in [0.25, 0.3) is 23.1 Å². The number of hydrogen-bond acceptors (Lipinski definition) is 4. The van der Waals surface area contributed by atoms with Crippen molar-refractivity contribution in [3.8, 4) is 5.75 Å². The van der Waals surface area contributed by atoms with Gasteiger partial charge in [0.25, 0.3) is 0 Å². The molecule has 0 unspecified atom stereocenters. The molecule has 0 saturated heterocycles. The molecule has 2 aromatic heterocycles. The van der Waals surface area contributed by atoms with Crippen LogP contribution in [0.15, 0.2) is 30.5 Å². The summed E-state index contributed by atoms with van der Waals surface area (Å²) in [6.07, 6.45) is 9.53. The maximum Gasteiger partial charge on any atom is 0.138 e. The molecule has 0 aliphatic heterocycles. The lowest BCUT2D eigenvalue weighted by Gasteiger charge is -2.24. The quantitative estimate of drug-likeness (QED) is 0.707. The highest BCUT2D eigenvalue weighted by Gasteiger charge is 2.20. The smallest absolute Gasteiger partial charge is 0.138 e. The molecule has 24 heavy (non-hydrogen) atoms. The lowest BCUT2D eigenvalue weighted by molar-refractivity contribution is 0.284. The average Bonchev–Trinajstić information content (AvgIpc) is 3.00. The molecule has 0 bridgehead atoms. The van der Waals surface area contributed by atoms with Gasteiger partial charge in [0.05, 0.1) is 35.6 Å². The number of fused-ring (bicyclic) bond motifs is 1. The van der Waals surface area contributed by atoms with Crippen molar-refractivity contribution in [1.82, 2.24) is 20.0 Å². The summed E-state index contributed by atoms with van der Waals surface area (Å²) in [6, 6.07) is 8.15. The molecule has 0 spiro atoms. The van der Waals surface area contributed by atoms with Crippen LogP contribution in [0, 0.1) is 0 Å². The molecule has 122 valence electrons. The molecular formula is C18H17ClN4O. The third-order valence-corrected chi connectivity index (χ3v) is 4.80. The van der Waals surface area contributed by atoms with Crippen LogP contribution in [0.2, 0.25) is 5.02 Å². The summed E-state index contributed by atoms with van der Waals surface area (Å²) in [6.45, 7) is 0. The van der Waals surface area contributed by atoms with E-state index in [0.29, 0.717) is 16.8 Å². The topological polar surface area (TPSA) is 52.8 Å². The molecule has 0 amide bonds. The number of methoxy groups -OCH3 is 1. The highest BCUT2D eigenvalue weighted by atomic mass is 35.5. The minimum absolute atomic E-state index is 0.524. The second-order valence-corrected chi connectivity index (χ2v) is 6.30. The average molecular weight is 341 g/mol. The third-order valence-electron chi connectivity index (χ3n) is 4.41. The van der Waals surface area contributed by atoms with Crippen molar-refractivity contribution >= 4 is 34.7 Å². The van der Waals surface area contributed by atoms with Crippen molar-refractivity contribution in [2.24, 2.45) is 0 Å². The minimum atomic E-state index is 0.524. The number of aromatic nitrogens is 4. The van der Waals surface area contributed by atoms with Gasteiger partial charge in [-0.2, -0.15) is 0 Å². The molecule has 5 nitrogen and oxygen atoms in total. The van der Waals surface area contributed by atoms with Crippen molar-refractivity contribution in [1.29, 1.82) is 0 Å². The van der Waals surface area contributed by atoms with E-state index in [1.54, 1.807) is 7.11 Å². The van der Waals surface area contributed by atoms with Gasteiger partial charge in [-0.1, -0.05) is 16.8 Å². The van der Waals surface area contributed by atoms with Crippen molar-refractivity contribution in [2.75, 3.05) is 7.11 Å². The van der Waals surface area contributed by atoms with Gasteiger partial charge in [-0.15, -0.1) is 5.10 Å². The summed E-state index contributed by atoms with van der Waals surface area (Å²) >= 11 is 6.31. The zero-order valence-electron chi connectivity index (χ0n) is 13.3. The van der Waals surface area contributed by atoms with Gasteiger partial charge in [0.15, 0.2) is 0 Å². The Balaban J connectivity index is 1.58. The van der Waals surface area contributed by atoms with Gasteiger partial charge in [0.2, 0.25) is 0 Å². The minimum Gasteiger partial charge on any atom is -0.495 e. The van der Waals surface area contributed by atoms with Crippen molar-refractivity contribution < 1.29 is 4.74 Å². The standard InChI is InChI=1S/C18H17ClN4O/c1-24-17-10-9-16-15(18(17)19)8-7-12(20-16)5-6-13-11-23(22-21-13)14-3-2-4-14/h5-11,14H,2-4H2,1H3. The molecule has 0 radical (unpaired) electrons. The maximum atomic E-state index is 6.31. The van der Waals surface area contributed by atoms with Gasteiger partial charge >= 0.3 is 0 Å². The number of halogens is 1. The first-order valence-electron chi connectivity index (χ1n) is 7.98. The zero-order valence-corrected chi connectivity index (χ0v) is 14.1.